The van der Waals surface area contributed by atoms with Crippen LogP contribution in [0.15, 0.2) is 59.1 Å². The van der Waals surface area contributed by atoms with Gasteiger partial charge in [0, 0.05) is 41.9 Å². The number of nitrogens with one attached hydrogen (secondary N) is 1. The van der Waals surface area contributed by atoms with Crippen molar-refractivity contribution in [1.29, 1.82) is 0 Å². The van der Waals surface area contributed by atoms with Crippen LogP contribution < -0.4 is 5.32 Å². The summed E-state index contributed by atoms with van der Waals surface area (Å²) in [6, 6.07) is 6.06. The Hall–Kier alpha value is -2.87. The summed E-state index contributed by atoms with van der Waals surface area (Å²) in [6.07, 6.45) is 11.3. The number of carbonyl (C=O) groups is 2. The molecule has 0 saturated carbocycles. The molecule has 1 aromatic rings. The van der Waals surface area contributed by atoms with E-state index in [9.17, 15) is 9.59 Å². The van der Waals surface area contributed by atoms with Crippen molar-refractivity contribution in [3.63, 3.8) is 0 Å². The van der Waals surface area contributed by atoms with Gasteiger partial charge >= 0.3 is 5.97 Å². The minimum atomic E-state index is -0.374. The second-order valence-electron chi connectivity index (χ2n) is 11.8. The second kappa shape index (κ2) is 17.3. The smallest absolute Gasteiger partial charge is 0.323 e. The number of rotatable bonds is 15. The average Bonchev–Trinajstić information content (AvgIpc) is 3.16. The van der Waals surface area contributed by atoms with E-state index in [-0.39, 0.29) is 32.7 Å². The molecule has 7 nitrogen and oxygen atoms in total. The molecule has 42 heavy (non-hydrogen) atoms. The highest BCUT2D eigenvalue weighted by molar-refractivity contribution is 6.09. The Morgan fingerprint density at radius 2 is 2.00 bits per heavy atom. The highest BCUT2D eigenvalue weighted by Gasteiger charge is 2.26. The summed E-state index contributed by atoms with van der Waals surface area (Å²) < 4.78 is 16.6. The lowest BCUT2D eigenvalue weighted by atomic mass is 9.87. The Balaban J connectivity index is 0.00000484. The molecular weight excluding hydrogens is 528 g/mol. The normalized spacial score (nSPS) is 19.1. The Morgan fingerprint density at radius 3 is 2.67 bits per heavy atom. The third kappa shape index (κ3) is 10.1. The number of fused-ring (bicyclic) bond motifs is 1. The maximum atomic E-state index is 13.1. The summed E-state index contributed by atoms with van der Waals surface area (Å²) in [5, 5.41) is 3.48. The molecule has 2 aliphatic heterocycles. The highest BCUT2D eigenvalue weighted by atomic mass is 16.6. The first kappa shape index (κ1) is 33.6. The van der Waals surface area contributed by atoms with Crippen molar-refractivity contribution >= 4 is 23.2 Å². The molecule has 0 spiro atoms. The third-order valence-corrected chi connectivity index (χ3v) is 7.99. The number of aliphatic imine (C=N–C) groups is 1. The zero-order valence-corrected chi connectivity index (χ0v) is 26.2. The zero-order chi connectivity index (χ0) is 30.5. The molecule has 2 heterocycles. The molecule has 1 unspecified atom stereocenters. The molecule has 2 atom stereocenters. The number of esters is 1. The van der Waals surface area contributed by atoms with Crippen LogP contribution in [0.1, 0.15) is 80.2 Å². The number of aryl methyl sites for hydroxylation is 1. The van der Waals surface area contributed by atoms with Crippen LogP contribution in [0.25, 0.3) is 0 Å². The van der Waals surface area contributed by atoms with Gasteiger partial charge in [-0.05, 0) is 92.4 Å². The third-order valence-electron chi connectivity index (χ3n) is 7.99. The Kier molecular flexibility index (Phi) is 13.8. The van der Waals surface area contributed by atoms with Gasteiger partial charge < -0.3 is 19.5 Å². The molecular formula is C35H54N2O5. The van der Waals surface area contributed by atoms with Crippen molar-refractivity contribution in [3.8, 4) is 0 Å². The number of methoxy groups -OCH3 is 1. The van der Waals surface area contributed by atoms with Crippen molar-refractivity contribution in [3.05, 3.63) is 65.3 Å². The Morgan fingerprint density at radius 1 is 1.24 bits per heavy atom. The molecule has 0 aromatic heterocycles. The molecule has 0 aliphatic carbocycles. The first-order valence-corrected chi connectivity index (χ1v) is 15.5. The first-order chi connectivity index (χ1) is 20.2. The molecule has 1 aromatic carbocycles. The lowest BCUT2D eigenvalue weighted by Gasteiger charge is -2.26. The van der Waals surface area contributed by atoms with Gasteiger partial charge in [-0.25, -0.2) is 0 Å². The minimum Gasteiger partial charge on any atom is -0.461 e. The number of hydrogen-bond donors (Lipinski definition) is 1. The standard InChI is InChI=1S/C35H50N2O5.2H2/c1-7-27(21-25(5)33(38)8-2)34-29(10-9-17-40-6)14-13-28-12-11-26(22-31(28)37-34)23-36-32(20-24(3)4)35(39)42-30-15-18-41-19-16-30;;/h7-8,11-12,21-22,24,29-30,32,36H,2,9-10,13-20,23H2,1,3-6H3;2*1H/b25-21-,27-7+;;/t29?,32-;;/m0../s1. The molecule has 1 N–H and O–H groups in total. The van der Waals surface area contributed by atoms with E-state index in [1.165, 1.54) is 11.6 Å². The molecule has 0 amide bonds. The van der Waals surface area contributed by atoms with Crippen molar-refractivity contribution < 1.29 is 26.7 Å². The van der Waals surface area contributed by atoms with Gasteiger partial charge in [-0.3, -0.25) is 14.6 Å². The number of hydrogen-bond acceptors (Lipinski definition) is 7. The van der Waals surface area contributed by atoms with E-state index in [1.807, 2.05) is 26.0 Å². The summed E-state index contributed by atoms with van der Waals surface area (Å²) in [4.78, 5) is 30.6. The SMILES string of the molecule is C=CC(=O)/C(C)=C\C(=C/C)C1=Nc2cc(CN[C@@H](CC(C)C)C(=O)OC3CCOCC3)ccc2CCC1CCCOC.[HH].[HH]. The second-order valence-corrected chi connectivity index (χ2v) is 11.8. The lowest BCUT2D eigenvalue weighted by molar-refractivity contribution is -0.156. The monoisotopic (exact) mass is 582 g/mol. The van der Waals surface area contributed by atoms with Crippen LogP contribution in [0.5, 0.6) is 0 Å². The number of benzene rings is 1. The van der Waals surface area contributed by atoms with Crippen molar-refractivity contribution in [2.24, 2.45) is 16.8 Å². The molecule has 2 aliphatic rings. The van der Waals surface area contributed by atoms with Gasteiger partial charge in [0.05, 0.1) is 24.6 Å². The molecule has 234 valence electrons. The summed E-state index contributed by atoms with van der Waals surface area (Å²) in [5.74, 6) is 0.333. The summed E-state index contributed by atoms with van der Waals surface area (Å²) >= 11 is 0. The zero-order valence-electron chi connectivity index (χ0n) is 26.2. The summed E-state index contributed by atoms with van der Waals surface area (Å²) in [6.45, 7) is 14.2. The maximum absolute atomic E-state index is 13.1. The van der Waals surface area contributed by atoms with Crippen LogP contribution in [0.2, 0.25) is 0 Å². The van der Waals surface area contributed by atoms with Gasteiger partial charge in [0.2, 0.25) is 0 Å². The van der Waals surface area contributed by atoms with E-state index < -0.39 is 0 Å². The van der Waals surface area contributed by atoms with Gasteiger partial charge in [-0.1, -0.05) is 38.6 Å². The van der Waals surface area contributed by atoms with Gasteiger partial charge in [0.15, 0.2) is 5.78 Å². The molecule has 3 rings (SSSR count). The van der Waals surface area contributed by atoms with E-state index in [2.05, 4.69) is 43.9 Å². The fourth-order valence-electron chi connectivity index (χ4n) is 5.56. The predicted octanol–water partition coefficient (Wildman–Crippen LogP) is 7.11. The average molecular weight is 583 g/mol. The largest absolute Gasteiger partial charge is 0.461 e. The molecule has 7 heteroatoms. The Bertz CT molecular complexity index is 1170. The Labute approximate surface area is 255 Å². The van der Waals surface area contributed by atoms with Crippen LogP contribution in [0, 0.1) is 11.8 Å². The van der Waals surface area contributed by atoms with Crippen LogP contribution in [0.4, 0.5) is 5.69 Å². The van der Waals surface area contributed by atoms with Crippen LogP contribution in [0.3, 0.4) is 0 Å². The maximum Gasteiger partial charge on any atom is 0.323 e. The van der Waals surface area contributed by atoms with E-state index >= 15 is 0 Å². The van der Waals surface area contributed by atoms with E-state index in [0.717, 1.165) is 61.1 Å². The van der Waals surface area contributed by atoms with Crippen molar-refractivity contribution in [2.45, 2.75) is 91.3 Å². The number of nitrogens with zero attached hydrogens (tertiary/aromatic N) is 1. The number of ether oxygens (including phenoxy) is 3. The topological polar surface area (TPSA) is 86.2 Å². The number of allylic oxidation sites excluding steroid dienone is 5. The molecule has 1 fully saturated rings. The molecule has 0 radical (unpaired) electrons. The van der Waals surface area contributed by atoms with Crippen LogP contribution >= 0.6 is 0 Å². The predicted molar refractivity (Wildman–Crippen MR) is 173 cm³/mol. The van der Waals surface area contributed by atoms with E-state index in [4.69, 9.17) is 19.2 Å². The van der Waals surface area contributed by atoms with Crippen molar-refractivity contribution in [2.75, 3.05) is 26.9 Å². The minimum absolute atomic E-state index is 0. The highest BCUT2D eigenvalue weighted by Crippen LogP contribution is 2.33. The van der Waals surface area contributed by atoms with Gasteiger partial charge in [-0.2, -0.15) is 0 Å². The fraction of sp³-hybridized carbons (Fsp3) is 0.571. The van der Waals surface area contributed by atoms with Gasteiger partial charge in [0.1, 0.15) is 12.1 Å². The van der Waals surface area contributed by atoms with E-state index in [0.29, 0.717) is 44.3 Å². The lowest BCUT2D eigenvalue weighted by Crippen LogP contribution is -2.41. The fourth-order valence-corrected chi connectivity index (χ4v) is 5.56. The molecule has 1 saturated heterocycles. The summed E-state index contributed by atoms with van der Waals surface area (Å²) in [5.41, 5.74) is 5.84. The van der Waals surface area contributed by atoms with Crippen LogP contribution in [-0.4, -0.2) is 56.5 Å². The summed E-state index contributed by atoms with van der Waals surface area (Å²) in [7, 11) is 1.73. The van der Waals surface area contributed by atoms with Gasteiger partial charge in [0.25, 0.3) is 0 Å². The van der Waals surface area contributed by atoms with Crippen molar-refractivity contribution in [1.82, 2.24) is 5.32 Å². The van der Waals surface area contributed by atoms with Crippen LogP contribution in [-0.2, 0) is 36.8 Å². The quantitative estimate of drug-likeness (QED) is 0.103. The number of carbonyl (C=O) groups excluding carboxylic acids is 2. The first-order valence-electron chi connectivity index (χ1n) is 15.5. The molecule has 0 bridgehead atoms. The van der Waals surface area contributed by atoms with E-state index in [1.54, 1.807) is 7.11 Å². The number of ketones is 1. The van der Waals surface area contributed by atoms with Gasteiger partial charge in [-0.15, -0.1) is 0 Å².